The maximum Gasteiger partial charge on any atom is 0.0541 e. The zero-order chi connectivity index (χ0) is 38.2. The van der Waals surface area contributed by atoms with Crippen molar-refractivity contribution in [3.05, 3.63) is 211 Å². The minimum absolute atomic E-state index is 0.945. The van der Waals surface area contributed by atoms with Gasteiger partial charge in [0.1, 0.15) is 0 Å². The Labute approximate surface area is 340 Å². The lowest BCUT2D eigenvalue weighted by Gasteiger charge is -2.13. The fourth-order valence-electron chi connectivity index (χ4n) is 9.25. The smallest absolute Gasteiger partial charge is 0.0541 e. The van der Waals surface area contributed by atoms with Crippen molar-refractivity contribution < 1.29 is 0 Å². The SMILES string of the molecule is C1=CCc2sc3c(-c4ccc(-c5ccccc5)cc4)cc(-n4c5ccccc5c5cc(-c6ccc7c(c6)c6ccccc6n7-c6ccccc6)ccc54)cc3c2C=C1. The summed E-state index contributed by atoms with van der Waals surface area (Å²) in [6.45, 7) is 0. The minimum Gasteiger partial charge on any atom is -0.309 e. The van der Waals surface area contributed by atoms with Crippen LogP contribution in [0.2, 0.25) is 0 Å². The molecule has 1 aliphatic carbocycles. The van der Waals surface area contributed by atoms with Crippen molar-refractivity contribution in [1.82, 2.24) is 9.13 Å². The molecule has 0 aliphatic heterocycles. The number of rotatable bonds is 5. The van der Waals surface area contributed by atoms with Crippen LogP contribution in [0.4, 0.5) is 0 Å². The Hall–Kier alpha value is -7.20. The van der Waals surface area contributed by atoms with Gasteiger partial charge in [-0.2, -0.15) is 0 Å². The maximum atomic E-state index is 2.48. The Morgan fingerprint density at radius 1 is 0.379 bits per heavy atom. The summed E-state index contributed by atoms with van der Waals surface area (Å²) in [5.74, 6) is 0. The molecule has 0 atom stereocenters. The van der Waals surface area contributed by atoms with Gasteiger partial charge in [0.15, 0.2) is 0 Å². The van der Waals surface area contributed by atoms with E-state index in [9.17, 15) is 0 Å². The second-order valence-electron chi connectivity index (χ2n) is 15.2. The lowest BCUT2D eigenvalue weighted by Crippen LogP contribution is -1.95. The number of hydrogen-bond acceptors (Lipinski definition) is 1. The summed E-state index contributed by atoms with van der Waals surface area (Å²) in [6.07, 6.45) is 9.89. The van der Waals surface area contributed by atoms with Crippen molar-refractivity contribution in [3.63, 3.8) is 0 Å². The van der Waals surface area contributed by atoms with Gasteiger partial charge in [0.25, 0.3) is 0 Å². The third-order valence-electron chi connectivity index (χ3n) is 12.0. The Balaban J connectivity index is 1.04. The molecule has 58 heavy (non-hydrogen) atoms. The highest BCUT2D eigenvalue weighted by Crippen LogP contribution is 2.44. The predicted molar refractivity (Wildman–Crippen MR) is 249 cm³/mol. The van der Waals surface area contributed by atoms with Crippen LogP contribution in [-0.2, 0) is 6.42 Å². The summed E-state index contributed by atoms with van der Waals surface area (Å²) in [7, 11) is 0. The average Bonchev–Trinajstić information content (AvgIpc) is 3.86. The molecule has 11 aromatic rings. The summed E-state index contributed by atoms with van der Waals surface area (Å²) in [5, 5.41) is 6.34. The molecule has 0 spiro atoms. The molecular weight excluding hydrogens is 721 g/mol. The van der Waals surface area contributed by atoms with Crippen LogP contribution < -0.4 is 0 Å². The van der Waals surface area contributed by atoms with Crippen molar-refractivity contribution >= 4 is 71.1 Å². The van der Waals surface area contributed by atoms with Gasteiger partial charge in [-0.15, -0.1) is 11.3 Å². The van der Waals surface area contributed by atoms with E-state index in [0.29, 0.717) is 0 Å². The third kappa shape index (κ3) is 5.17. The van der Waals surface area contributed by atoms with Gasteiger partial charge in [0.05, 0.1) is 22.1 Å². The van der Waals surface area contributed by atoms with E-state index in [4.69, 9.17) is 0 Å². The van der Waals surface area contributed by atoms with Gasteiger partial charge in [0.2, 0.25) is 0 Å². The number of aromatic nitrogens is 2. The van der Waals surface area contributed by atoms with E-state index in [1.165, 1.54) is 109 Å². The predicted octanol–water partition coefficient (Wildman–Crippen LogP) is 15.2. The molecule has 0 N–H and O–H groups in total. The number of benzene rings is 8. The van der Waals surface area contributed by atoms with E-state index in [-0.39, 0.29) is 0 Å². The van der Waals surface area contributed by atoms with Crippen LogP contribution in [0.5, 0.6) is 0 Å². The number of para-hydroxylation sites is 3. The first-order valence-corrected chi connectivity index (χ1v) is 20.8. The van der Waals surface area contributed by atoms with E-state index in [2.05, 4.69) is 215 Å². The highest BCUT2D eigenvalue weighted by Gasteiger charge is 2.20. The number of nitrogens with zero attached hydrogens (tertiary/aromatic N) is 2. The number of allylic oxidation sites excluding steroid dienone is 3. The topological polar surface area (TPSA) is 9.86 Å². The van der Waals surface area contributed by atoms with Crippen LogP contribution in [0.25, 0.3) is 105 Å². The molecule has 3 heterocycles. The molecule has 1 aliphatic rings. The van der Waals surface area contributed by atoms with Crippen LogP contribution >= 0.6 is 11.3 Å². The van der Waals surface area contributed by atoms with Crippen LogP contribution in [0.15, 0.2) is 200 Å². The van der Waals surface area contributed by atoms with Crippen LogP contribution in [0.1, 0.15) is 10.4 Å². The molecule has 272 valence electrons. The van der Waals surface area contributed by atoms with Crippen molar-refractivity contribution in [2.75, 3.05) is 0 Å². The first-order chi connectivity index (χ1) is 28.8. The van der Waals surface area contributed by atoms with Crippen LogP contribution in [0, 0.1) is 0 Å². The fraction of sp³-hybridized carbons (Fsp3) is 0.0182. The number of fused-ring (bicyclic) bond motifs is 9. The van der Waals surface area contributed by atoms with Crippen molar-refractivity contribution in [2.45, 2.75) is 6.42 Å². The third-order valence-corrected chi connectivity index (χ3v) is 13.2. The first-order valence-electron chi connectivity index (χ1n) is 20.0. The molecule has 0 unspecified atom stereocenters. The van der Waals surface area contributed by atoms with Crippen molar-refractivity contribution in [2.24, 2.45) is 0 Å². The van der Waals surface area contributed by atoms with E-state index in [1.54, 1.807) is 0 Å². The Bertz CT molecular complexity index is 3450. The minimum atomic E-state index is 0.945. The summed E-state index contributed by atoms with van der Waals surface area (Å²) < 4.78 is 6.20. The quantitative estimate of drug-likeness (QED) is 0.166. The maximum absolute atomic E-state index is 2.48. The number of hydrogen-bond donors (Lipinski definition) is 0. The second kappa shape index (κ2) is 13.2. The van der Waals surface area contributed by atoms with Gasteiger partial charge >= 0.3 is 0 Å². The average molecular weight is 757 g/mol. The monoisotopic (exact) mass is 756 g/mol. The van der Waals surface area contributed by atoms with Gasteiger partial charge in [-0.25, -0.2) is 0 Å². The van der Waals surface area contributed by atoms with Gasteiger partial charge < -0.3 is 9.13 Å². The largest absolute Gasteiger partial charge is 0.309 e. The Morgan fingerprint density at radius 3 is 1.59 bits per heavy atom. The lowest BCUT2D eigenvalue weighted by molar-refractivity contribution is 1.18. The molecular formula is C55H36N2S. The lowest BCUT2D eigenvalue weighted by atomic mass is 9.97. The molecule has 3 heteroatoms. The van der Waals surface area contributed by atoms with E-state index in [0.717, 1.165) is 6.42 Å². The zero-order valence-corrected chi connectivity index (χ0v) is 32.5. The summed E-state index contributed by atoms with van der Waals surface area (Å²) >= 11 is 1.94. The Kier molecular flexibility index (Phi) is 7.51. The molecule has 3 aromatic heterocycles. The van der Waals surface area contributed by atoms with E-state index in [1.807, 2.05) is 11.3 Å². The standard InChI is InChI=1S/C55H36N2S/c1-4-14-36(15-5-1)37-24-26-38(27-25-37)46-34-42(35-49-45-20-8-3-9-23-54(45)58-55(46)49)57-51-22-13-11-19-44(51)48-33-40(29-31-53(48)57)39-28-30-52-47(32-39)43-18-10-12-21-50(43)56(52)41-16-6-2-7-17-41/h1-22,24-35H,23H2. The highest BCUT2D eigenvalue weighted by molar-refractivity contribution is 7.20. The van der Waals surface area contributed by atoms with Gasteiger partial charge in [0, 0.05) is 59.9 Å². The summed E-state index contributed by atoms with van der Waals surface area (Å²) in [4.78, 5) is 1.41. The van der Waals surface area contributed by atoms with E-state index < -0.39 is 0 Å². The second-order valence-corrected chi connectivity index (χ2v) is 16.4. The van der Waals surface area contributed by atoms with Gasteiger partial charge in [-0.3, -0.25) is 0 Å². The molecule has 8 aromatic carbocycles. The highest BCUT2D eigenvalue weighted by atomic mass is 32.1. The number of thiophene rings is 1. The molecule has 0 bridgehead atoms. The molecule has 0 amide bonds. The fourth-order valence-corrected chi connectivity index (χ4v) is 10.5. The molecule has 2 nitrogen and oxygen atoms in total. The van der Waals surface area contributed by atoms with E-state index >= 15 is 0 Å². The first kappa shape index (κ1) is 33.0. The summed E-state index contributed by atoms with van der Waals surface area (Å²) in [6, 6.07) is 67.0. The van der Waals surface area contributed by atoms with Gasteiger partial charge in [-0.1, -0.05) is 146 Å². The normalized spacial score (nSPS) is 12.6. The van der Waals surface area contributed by atoms with Gasteiger partial charge in [-0.05, 0) is 94.0 Å². The zero-order valence-electron chi connectivity index (χ0n) is 31.6. The Morgan fingerprint density at radius 2 is 0.914 bits per heavy atom. The van der Waals surface area contributed by atoms with Crippen LogP contribution in [0.3, 0.4) is 0 Å². The van der Waals surface area contributed by atoms with Crippen LogP contribution in [-0.4, -0.2) is 9.13 Å². The van der Waals surface area contributed by atoms with Crippen molar-refractivity contribution in [1.29, 1.82) is 0 Å². The summed E-state index contributed by atoms with van der Waals surface area (Å²) in [5.41, 5.74) is 15.9. The van der Waals surface area contributed by atoms with Crippen molar-refractivity contribution in [3.8, 4) is 44.8 Å². The molecule has 0 fully saturated rings. The molecule has 0 radical (unpaired) electrons. The molecule has 0 saturated carbocycles. The molecule has 0 saturated heterocycles. The molecule has 12 rings (SSSR count).